The highest BCUT2D eigenvalue weighted by Gasteiger charge is 2.21. The van der Waals surface area contributed by atoms with E-state index in [4.69, 9.17) is 4.98 Å². The molecule has 1 N–H and O–H groups in total. The molecule has 3 heterocycles. The van der Waals surface area contributed by atoms with Crippen molar-refractivity contribution in [2.45, 2.75) is 19.4 Å². The summed E-state index contributed by atoms with van der Waals surface area (Å²) in [6.45, 7) is 5.54. The first-order valence-electron chi connectivity index (χ1n) is 8.91. The van der Waals surface area contributed by atoms with Gasteiger partial charge in [0, 0.05) is 57.4 Å². The minimum absolute atomic E-state index is 0.0598. The molecule has 0 radical (unpaired) electrons. The number of amides is 1. The zero-order valence-electron chi connectivity index (χ0n) is 14.3. The van der Waals surface area contributed by atoms with E-state index in [2.05, 4.69) is 50.4 Å². The molecule has 1 saturated heterocycles. The quantitative estimate of drug-likeness (QED) is 0.906. The van der Waals surface area contributed by atoms with Gasteiger partial charge >= 0.3 is 0 Å². The van der Waals surface area contributed by atoms with Gasteiger partial charge < -0.3 is 10.2 Å². The van der Waals surface area contributed by atoms with E-state index in [1.807, 2.05) is 6.20 Å². The second-order valence-electron chi connectivity index (χ2n) is 6.67. The number of nitrogens with zero attached hydrogens (tertiary/aromatic N) is 4. The molecule has 0 atom stereocenters. The number of rotatable bonds is 3. The maximum absolute atomic E-state index is 11.6. The molecule has 0 saturated carbocycles. The van der Waals surface area contributed by atoms with Crippen LogP contribution >= 0.6 is 0 Å². The molecule has 2 aromatic rings. The van der Waals surface area contributed by atoms with Crippen molar-refractivity contribution in [3.05, 3.63) is 53.3 Å². The lowest BCUT2D eigenvalue weighted by molar-refractivity contribution is -0.120. The number of aromatic nitrogens is 2. The fourth-order valence-corrected chi connectivity index (χ4v) is 3.45. The molecular formula is C19H23N5O. The number of hydrogen-bond donors (Lipinski definition) is 1. The lowest BCUT2D eigenvalue weighted by Crippen LogP contribution is -2.46. The molecule has 6 nitrogen and oxygen atoms in total. The van der Waals surface area contributed by atoms with Crippen molar-refractivity contribution in [3.63, 3.8) is 0 Å². The number of nitrogens with one attached hydrogen (secondary N) is 1. The van der Waals surface area contributed by atoms with Crippen molar-refractivity contribution in [2.24, 2.45) is 0 Å². The van der Waals surface area contributed by atoms with Crippen molar-refractivity contribution < 1.29 is 4.79 Å². The van der Waals surface area contributed by atoms with E-state index in [1.54, 1.807) is 0 Å². The number of piperazine rings is 1. The highest BCUT2D eigenvalue weighted by atomic mass is 16.1. The summed E-state index contributed by atoms with van der Waals surface area (Å²) >= 11 is 0. The molecule has 0 unspecified atom stereocenters. The Kier molecular flexibility index (Phi) is 4.61. The fraction of sp³-hybridized carbons (Fsp3) is 0.421. The fourth-order valence-electron chi connectivity index (χ4n) is 3.45. The molecule has 0 spiro atoms. The van der Waals surface area contributed by atoms with Gasteiger partial charge in [0.1, 0.15) is 0 Å². The normalized spacial score (nSPS) is 18.4. The summed E-state index contributed by atoms with van der Waals surface area (Å²) in [6, 6.07) is 10.6. The predicted molar refractivity (Wildman–Crippen MR) is 96.4 cm³/mol. The maximum atomic E-state index is 11.6. The van der Waals surface area contributed by atoms with Gasteiger partial charge in [0.25, 0.3) is 0 Å². The Balaban J connectivity index is 1.39. The molecular weight excluding hydrogens is 314 g/mol. The van der Waals surface area contributed by atoms with Gasteiger partial charge in [-0.1, -0.05) is 30.3 Å². The molecule has 2 aliphatic heterocycles. The summed E-state index contributed by atoms with van der Waals surface area (Å²) in [5.74, 6) is 0.858. The third-order valence-corrected chi connectivity index (χ3v) is 4.88. The molecule has 0 aliphatic carbocycles. The van der Waals surface area contributed by atoms with E-state index in [1.165, 1.54) is 5.56 Å². The molecule has 4 rings (SSSR count). The molecule has 0 bridgehead atoms. The number of carbonyl (C=O) groups excluding carboxylic acids is 1. The first kappa shape index (κ1) is 16.0. The SMILES string of the molecule is O=C1Cc2cnc(N3CCN(Cc4ccccc4)CC3)nc2CCN1. The van der Waals surface area contributed by atoms with Crippen molar-refractivity contribution in [1.82, 2.24) is 20.2 Å². The molecule has 2 aliphatic rings. The number of carbonyl (C=O) groups is 1. The van der Waals surface area contributed by atoms with Gasteiger partial charge in [-0.3, -0.25) is 9.69 Å². The summed E-state index contributed by atoms with van der Waals surface area (Å²) in [5, 5.41) is 2.89. The third kappa shape index (κ3) is 3.79. The van der Waals surface area contributed by atoms with Crippen molar-refractivity contribution >= 4 is 11.9 Å². The van der Waals surface area contributed by atoms with Crippen molar-refractivity contribution in [1.29, 1.82) is 0 Å². The summed E-state index contributed by atoms with van der Waals surface area (Å²) in [4.78, 5) is 25.6. The topological polar surface area (TPSA) is 61.4 Å². The Hall–Kier alpha value is -2.47. The largest absolute Gasteiger partial charge is 0.355 e. The van der Waals surface area contributed by atoms with E-state index in [0.717, 1.165) is 56.4 Å². The highest BCUT2D eigenvalue weighted by Crippen LogP contribution is 2.17. The molecule has 1 amide bonds. The van der Waals surface area contributed by atoms with E-state index in [-0.39, 0.29) is 5.91 Å². The first-order valence-corrected chi connectivity index (χ1v) is 8.91. The molecule has 1 aromatic heterocycles. The van der Waals surface area contributed by atoms with Crippen LogP contribution in [0.4, 0.5) is 5.95 Å². The minimum Gasteiger partial charge on any atom is -0.355 e. The zero-order valence-corrected chi connectivity index (χ0v) is 14.3. The van der Waals surface area contributed by atoms with E-state index < -0.39 is 0 Å². The highest BCUT2D eigenvalue weighted by molar-refractivity contribution is 5.79. The van der Waals surface area contributed by atoms with Crippen LogP contribution < -0.4 is 10.2 Å². The maximum Gasteiger partial charge on any atom is 0.225 e. The van der Waals surface area contributed by atoms with Gasteiger partial charge in [0.15, 0.2) is 0 Å². The Bertz CT molecular complexity index is 741. The van der Waals surface area contributed by atoms with E-state index in [0.29, 0.717) is 13.0 Å². The van der Waals surface area contributed by atoms with Crippen LogP contribution in [0, 0.1) is 0 Å². The number of fused-ring (bicyclic) bond motifs is 1. The molecule has 6 heteroatoms. The van der Waals surface area contributed by atoms with Gasteiger partial charge in [-0.25, -0.2) is 9.97 Å². The van der Waals surface area contributed by atoms with Crippen LogP contribution in [0.2, 0.25) is 0 Å². The predicted octanol–water partition coefficient (Wildman–Crippen LogP) is 1.01. The third-order valence-electron chi connectivity index (χ3n) is 4.88. The Morgan fingerprint density at radius 3 is 2.68 bits per heavy atom. The van der Waals surface area contributed by atoms with Gasteiger partial charge in [-0.05, 0) is 5.56 Å². The number of benzene rings is 1. The van der Waals surface area contributed by atoms with Gasteiger partial charge in [-0.15, -0.1) is 0 Å². The summed E-state index contributed by atoms with van der Waals surface area (Å²) in [5.41, 5.74) is 3.32. The van der Waals surface area contributed by atoms with E-state index >= 15 is 0 Å². The van der Waals surface area contributed by atoms with Crippen LogP contribution in [0.25, 0.3) is 0 Å². The Morgan fingerprint density at radius 2 is 1.88 bits per heavy atom. The summed E-state index contributed by atoms with van der Waals surface area (Å²) in [7, 11) is 0. The van der Waals surface area contributed by atoms with Crippen LogP contribution in [-0.2, 0) is 24.2 Å². The first-order chi connectivity index (χ1) is 12.3. The summed E-state index contributed by atoms with van der Waals surface area (Å²) < 4.78 is 0. The van der Waals surface area contributed by atoms with Crippen LogP contribution in [0.15, 0.2) is 36.5 Å². The average molecular weight is 337 g/mol. The van der Waals surface area contributed by atoms with Crippen molar-refractivity contribution in [2.75, 3.05) is 37.6 Å². The monoisotopic (exact) mass is 337 g/mol. The zero-order chi connectivity index (χ0) is 17.1. The second kappa shape index (κ2) is 7.19. The molecule has 130 valence electrons. The lowest BCUT2D eigenvalue weighted by Gasteiger charge is -2.34. The number of anilines is 1. The van der Waals surface area contributed by atoms with Gasteiger partial charge in [0.05, 0.1) is 12.1 Å². The molecule has 25 heavy (non-hydrogen) atoms. The molecule has 1 aromatic carbocycles. The van der Waals surface area contributed by atoms with Crippen molar-refractivity contribution in [3.8, 4) is 0 Å². The standard InChI is InChI=1S/C19H23N5O/c25-18-12-16-13-21-19(22-17(16)6-7-20-18)24-10-8-23(9-11-24)14-15-4-2-1-3-5-15/h1-5,13H,6-12,14H2,(H,20,25). The van der Waals surface area contributed by atoms with Gasteiger partial charge in [0.2, 0.25) is 11.9 Å². The van der Waals surface area contributed by atoms with E-state index in [9.17, 15) is 4.79 Å². The Morgan fingerprint density at radius 1 is 1.08 bits per heavy atom. The number of hydrogen-bond acceptors (Lipinski definition) is 5. The second-order valence-corrected chi connectivity index (χ2v) is 6.67. The Labute approximate surface area is 147 Å². The van der Waals surface area contributed by atoms with Crippen LogP contribution in [0.5, 0.6) is 0 Å². The van der Waals surface area contributed by atoms with Crippen LogP contribution in [-0.4, -0.2) is 53.5 Å². The lowest BCUT2D eigenvalue weighted by atomic mass is 10.1. The smallest absolute Gasteiger partial charge is 0.225 e. The van der Waals surface area contributed by atoms with Crippen LogP contribution in [0.1, 0.15) is 16.8 Å². The average Bonchev–Trinajstić information content (AvgIpc) is 2.83. The van der Waals surface area contributed by atoms with Gasteiger partial charge in [-0.2, -0.15) is 0 Å². The van der Waals surface area contributed by atoms with Crippen LogP contribution in [0.3, 0.4) is 0 Å². The minimum atomic E-state index is 0.0598. The summed E-state index contributed by atoms with van der Waals surface area (Å²) in [6.07, 6.45) is 3.00. The molecule has 1 fully saturated rings.